The molecule has 2 rings (SSSR count). The lowest BCUT2D eigenvalue weighted by molar-refractivity contribution is -0.134. The summed E-state index contributed by atoms with van der Waals surface area (Å²) in [7, 11) is 1.59. The molecule has 24 heavy (non-hydrogen) atoms. The minimum atomic E-state index is -0.645. The van der Waals surface area contributed by atoms with E-state index in [4.69, 9.17) is 9.15 Å². The molecule has 0 radical (unpaired) electrons. The molecule has 0 aliphatic carbocycles. The zero-order valence-electron chi connectivity index (χ0n) is 13.9. The number of carbonyl (C=O) groups excluding carboxylic acids is 2. The summed E-state index contributed by atoms with van der Waals surface area (Å²) in [4.78, 5) is 26.4. The van der Waals surface area contributed by atoms with Gasteiger partial charge in [0.05, 0.1) is 18.4 Å². The number of ether oxygens (including phenoxy) is 1. The molecule has 0 aliphatic heterocycles. The van der Waals surface area contributed by atoms with E-state index in [-0.39, 0.29) is 11.8 Å². The summed E-state index contributed by atoms with van der Waals surface area (Å²) in [5.74, 6) is -0.497. The maximum Gasteiger partial charge on any atom is 0.255 e. The molecule has 0 fully saturated rings. The molecular weight excluding hydrogens is 308 g/mol. The number of hydrogen-bond donors (Lipinski definition) is 1. The first-order valence-electron chi connectivity index (χ1n) is 7.76. The van der Waals surface area contributed by atoms with Gasteiger partial charge in [0.2, 0.25) is 5.91 Å². The SMILES string of the molecule is COCCN(Cc1ccccc1)C(=O)[C@@H](C)NC(=O)c1ccoc1. The average molecular weight is 330 g/mol. The summed E-state index contributed by atoms with van der Waals surface area (Å²) < 4.78 is 9.97. The average Bonchev–Trinajstić information content (AvgIpc) is 3.13. The second-order valence-corrected chi connectivity index (χ2v) is 5.45. The molecule has 1 heterocycles. The fourth-order valence-electron chi connectivity index (χ4n) is 2.28. The Labute approximate surface area is 141 Å². The number of amides is 2. The van der Waals surface area contributed by atoms with Crippen molar-refractivity contribution in [3.8, 4) is 0 Å². The zero-order chi connectivity index (χ0) is 17.4. The zero-order valence-corrected chi connectivity index (χ0v) is 13.9. The van der Waals surface area contributed by atoms with Crippen LogP contribution in [0.25, 0.3) is 0 Å². The van der Waals surface area contributed by atoms with Crippen molar-refractivity contribution in [1.82, 2.24) is 10.2 Å². The Morgan fingerprint density at radius 2 is 2.00 bits per heavy atom. The van der Waals surface area contributed by atoms with Crippen molar-refractivity contribution in [3.63, 3.8) is 0 Å². The number of rotatable bonds is 8. The molecule has 2 amide bonds. The Kier molecular flexibility index (Phi) is 6.57. The van der Waals surface area contributed by atoms with E-state index in [0.29, 0.717) is 25.3 Å². The van der Waals surface area contributed by atoms with E-state index in [1.807, 2.05) is 30.3 Å². The van der Waals surface area contributed by atoms with Gasteiger partial charge in [-0.3, -0.25) is 9.59 Å². The molecule has 0 spiro atoms. The van der Waals surface area contributed by atoms with Crippen LogP contribution in [-0.2, 0) is 16.1 Å². The van der Waals surface area contributed by atoms with Crippen molar-refractivity contribution in [3.05, 3.63) is 60.1 Å². The lowest BCUT2D eigenvalue weighted by Crippen LogP contribution is -2.47. The smallest absolute Gasteiger partial charge is 0.255 e. The molecule has 0 bridgehead atoms. The van der Waals surface area contributed by atoms with E-state index in [9.17, 15) is 9.59 Å². The molecule has 128 valence electrons. The van der Waals surface area contributed by atoms with Crippen LogP contribution in [-0.4, -0.2) is 43.0 Å². The maximum absolute atomic E-state index is 12.7. The van der Waals surface area contributed by atoms with Crippen molar-refractivity contribution in [2.45, 2.75) is 19.5 Å². The maximum atomic E-state index is 12.7. The number of nitrogens with one attached hydrogen (secondary N) is 1. The van der Waals surface area contributed by atoms with E-state index in [0.717, 1.165) is 5.56 Å². The van der Waals surface area contributed by atoms with Crippen LogP contribution in [0.4, 0.5) is 0 Å². The van der Waals surface area contributed by atoms with E-state index < -0.39 is 6.04 Å². The molecule has 2 aromatic rings. The molecule has 0 saturated carbocycles. The van der Waals surface area contributed by atoms with Crippen molar-refractivity contribution >= 4 is 11.8 Å². The first-order chi connectivity index (χ1) is 11.6. The summed E-state index contributed by atoms with van der Waals surface area (Å²) in [5, 5.41) is 2.69. The second kappa shape index (κ2) is 8.88. The molecule has 1 aromatic heterocycles. The van der Waals surface area contributed by atoms with Gasteiger partial charge in [-0.15, -0.1) is 0 Å². The fraction of sp³-hybridized carbons (Fsp3) is 0.333. The number of nitrogens with zero attached hydrogens (tertiary/aromatic N) is 1. The van der Waals surface area contributed by atoms with Gasteiger partial charge in [0.25, 0.3) is 5.91 Å². The van der Waals surface area contributed by atoms with E-state index in [2.05, 4.69) is 5.32 Å². The highest BCUT2D eigenvalue weighted by Crippen LogP contribution is 2.07. The van der Waals surface area contributed by atoms with Crippen LogP contribution < -0.4 is 5.32 Å². The summed E-state index contributed by atoms with van der Waals surface area (Å²) in [6.45, 7) is 3.02. The van der Waals surface area contributed by atoms with E-state index >= 15 is 0 Å². The highest BCUT2D eigenvalue weighted by molar-refractivity contribution is 5.97. The van der Waals surface area contributed by atoms with Crippen LogP contribution in [0, 0.1) is 0 Å². The third-order valence-electron chi connectivity index (χ3n) is 3.59. The van der Waals surface area contributed by atoms with Gasteiger partial charge in [-0.1, -0.05) is 30.3 Å². The van der Waals surface area contributed by atoms with E-state index in [1.165, 1.54) is 12.5 Å². The van der Waals surface area contributed by atoms with Gasteiger partial charge in [-0.25, -0.2) is 0 Å². The minimum Gasteiger partial charge on any atom is -0.472 e. The quantitative estimate of drug-likeness (QED) is 0.804. The molecule has 1 N–H and O–H groups in total. The van der Waals surface area contributed by atoms with Crippen molar-refractivity contribution < 1.29 is 18.7 Å². The lowest BCUT2D eigenvalue weighted by atomic mass is 10.2. The molecule has 0 aliphatic rings. The topological polar surface area (TPSA) is 71.8 Å². The van der Waals surface area contributed by atoms with Gasteiger partial charge in [0.1, 0.15) is 12.3 Å². The first kappa shape index (κ1) is 17.7. The number of hydrogen-bond acceptors (Lipinski definition) is 4. The third-order valence-corrected chi connectivity index (χ3v) is 3.59. The number of furan rings is 1. The Morgan fingerprint density at radius 1 is 1.25 bits per heavy atom. The van der Waals surface area contributed by atoms with Gasteiger partial charge in [-0.2, -0.15) is 0 Å². The van der Waals surface area contributed by atoms with Gasteiger partial charge >= 0.3 is 0 Å². The number of carbonyl (C=O) groups is 2. The van der Waals surface area contributed by atoms with Gasteiger partial charge < -0.3 is 19.4 Å². The molecule has 6 nitrogen and oxygen atoms in total. The Hall–Kier alpha value is -2.60. The molecule has 1 atom stereocenters. The van der Waals surface area contributed by atoms with Crippen LogP contribution in [0.1, 0.15) is 22.8 Å². The number of benzene rings is 1. The first-order valence-corrected chi connectivity index (χ1v) is 7.76. The van der Waals surface area contributed by atoms with Crippen molar-refractivity contribution in [2.24, 2.45) is 0 Å². The Morgan fingerprint density at radius 3 is 2.62 bits per heavy atom. The Balaban J connectivity index is 2.01. The van der Waals surface area contributed by atoms with E-state index in [1.54, 1.807) is 25.0 Å². The van der Waals surface area contributed by atoms with Crippen LogP contribution >= 0.6 is 0 Å². The summed E-state index contributed by atoms with van der Waals surface area (Å²) in [5.41, 5.74) is 1.41. The summed E-state index contributed by atoms with van der Waals surface area (Å²) in [6.07, 6.45) is 2.76. The van der Waals surface area contributed by atoms with Crippen LogP contribution in [0.15, 0.2) is 53.3 Å². The van der Waals surface area contributed by atoms with Gasteiger partial charge in [0.15, 0.2) is 0 Å². The normalized spacial score (nSPS) is 11.8. The summed E-state index contributed by atoms with van der Waals surface area (Å²) in [6, 6.07) is 10.6. The molecular formula is C18H22N2O4. The highest BCUT2D eigenvalue weighted by atomic mass is 16.5. The highest BCUT2D eigenvalue weighted by Gasteiger charge is 2.23. The van der Waals surface area contributed by atoms with Gasteiger partial charge in [-0.05, 0) is 18.6 Å². The largest absolute Gasteiger partial charge is 0.472 e. The van der Waals surface area contributed by atoms with Crippen molar-refractivity contribution in [1.29, 1.82) is 0 Å². The monoisotopic (exact) mass is 330 g/mol. The molecule has 1 aromatic carbocycles. The van der Waals surface area contributed by atoms with Crippen LogP contribution in [0.3, 0.4) is 0 Å². The van der Waals surface area contributed by atoms with Crippen LogP contribution in [0.2, 0.25) is 0 Å². The van der Waals surface area contributed by atoms with Crippen LogP contribution in [0.5, 0.6) is 0 Å². The molecule has 6 heteroatoms. The Bertz CT molecular complexity index is 640. The second-order valence-electron chi connectivity index (χ2n) is 5.45. The third kappa shape index (κ3) is 4.96. The fourth-order valence-corrected chi connectivity index (χ4v) is 2.28. The summed E-state index contributed by atoms with van der Waals surface area (Å²) >= 11 is 0. The molecule has 0 saturated heterocycles. The molecule has 0 unspecified atom stereocenters. The number of methoxy groups -OCH3 is 1. The lowest BCUT2D eigenvalue weighted by Gasteiger charge is -2.26. The standard InChI is InChI=1S/C18H22N2O4/c1-14(19-17(21)16-8-10-24-13-16)18(22)20(9-11-23-2)12-15-6-4-3-5-7-15/h3-8,10,13-14H,9,11-12H2,1-2H3,(H,19,21)/t14-/m1/s1. The van der Waals surface area contributed by atoms with Gasteiger partial charge in [0, 0.05) is 20.2 Å². The minimum absolute atomic E-state index is 0.159. The predicted molar refractivity (Wildman–Crippen MR) is 89.4 cm³/mol. The predicted octanol–water partition coefficient (Wildman–Crippen LogP) is 2.07. The van der Waals surface area contributed by atoms with Crippen molar-refractivity contribution in [2.75, 3.05) is 20.3 Å².